The molecule has 1 rings (SSSR count). The number of nitrogens with one attached hydrogen (secondary N) is 1. The SMILES string of the molecule is CSC1=NS(=O)(=O)N=CN1. The van der Waals surface area contributed by atoms with Gasteiger partial charge in [-0.2, -0.15) is 8.42 Å². The lowest BCUT2D eigenvalue weighted by Crippen LogP contribution is -2.23. The third-order valence-electron chi connectivity index (χ3n) is 0.766. The Morgan fingerprint density at radius 1 is 1.70 bits per heavy atom. The lowest BCUT2D eigenvalue weighted by Gasteiger charge is -2.03. The predicted octanol–water partition coefficient (Wildman–Crippen LogP) is -0.418. The minimum absolute atomic E-state index is 0.343. The van der Waals surface area contributed by atoms with Crippen molar-refractivity contribution in [3.05, 3.63) is 0 Å². The standard InChI is InChI=1S/C3H5N3O2S2/c1-9-3-4-2-5-10(7,8)6-3/h2H,1H3,(H,4,5,6). The molecule has 0 saturated carbocycles. The minimum Gasteiger partial charge on any atom is -0.324 e. The van der Waals surface area contributed by atoms with Crippen LogP contribution in [0.5, 0.6) is 0 Å². The number of rotatable bonds is 0. The molecule has 56 valence electrons. The van der Waals surface area contributed by atoms with E-state index in [2.05, 4.69) is 14.1 Å². The van der Waals surface area contributed by atoms with Crippen LogP contribution in [0.25, 0.3) is 0 Å². The fraction of sp³-hybridized carbons (Fsp3) is 0.333. The highest BCUT2D eigenvalue weighted by Crippen LogP contribution is 2.03. The van der Waals surface area contributed by atoms with Crippen molar-refractivity contribution in [1.82, 2.24) is 5.32 Å². The largest absolute Gasteiger partial charge is 0.366 e. The molecule has 1 aliphatic heterocycles. The highest BCUT2D eigenvalue weighted by atomic mass is 32.2. The Balaban J connectivity index is 2.95. The maximum Gasteiger partial charge on any atom is 0.366 e. The van der Waals surface area contributed by atoms with E-state index in [-0.39, 0.29) is 0 Å². The van der Waals surface area contributed by atoms with E-state index >= 15 is 0 Å². The molecular formula is C3H5N3O2S2. The second kappa shape index (κ2) is 2.59. The van der Waals surface area contributed by atoms with Gasteiger partial charge < -0.3 is 5.32 Å². The summed E-state index contributed by atoms with van der Waals surface area (Å²) in [6.45, 7) is 0. The molecule has 0 aromatic carbocycles. The number of hydrogen-bond acceptors (Lipinski definition) is 4. The van der Waals surface area contributed by atoms with Gasteiger partial charge in [0.05, 0.1) is 0 Å². The predicted molar refractivity (Wildman–Crippen MR) is 41.5 cm³/mol. The van der Waals surface area contributed by atoms with Gasteiger partial charge in [-0.3, -0.25) is 0 Å². The van der Waals surface area contributed by atoms with Crippen molar-refractivity contribution in [3.8, 4) is 0 Å². The first-order valence-corrected chi connectivity index (χ1v) is 4.95. The van der Waals surface area contributed by atoms with Crippen LogP contribution in [-0.2, 0) is 10.2 Å². The second-order valence-corrected chi connectivity index (χ2v) is 3.51. The summed E-state index contributed by atoms with van der Waals surface area (Å²) in [7, 11) is -3.57. The Hall–Kier alpha value is -0.560. The van der Waals surface area contributed by atoms with Crippen LogP contribution in [0.4, 0.5) is 0 Å². The summed E-state index contributed by atoms with van der Waals surface area (Å²) in [4.78, 5) is 0. The molecule has 0 radical (unpaired) electrons. The Morgan fingerprint density at radius 3 is 2.80 bits per heavy atom. The van der Waals surface area contributed by atoms with Gasteiger partial charge in [-0.1, -0.05) is 11.8 Å². The van der Waals surface area contributed by atoms with Gasteiger partial charge in [0.15, 0.2) is 5.17 Å². The first-order valence-electron chi connectivity index (χ1n) is 2.33. The van der Waals surface area contributed by atoms with E-state index in [9.17, 15) is 8.42 Å². The molecule has 0 fully saturated rings. The Kier molecular flexibility index (Phi) is 1.95. The van der Waals surface area contributed by atoms with Gasteiger partial charge in [0, 0.05) is 0 Å². The summed E-state index contributed by atoms with van der Waals surface area (Å²) in [5, 5.41) is 2.91. The fourth-order valence-corrected chi connectivity index (χ4v) is 1.65. The average Bonchev–Trinajstić information content (AvgIpc) is 1.86. The molecular weight excluding hydrogens is 174 g/mol. The molecule has 1 heterocycles. The molecule has 0 aliphatic carbocycles. The molecule has 0 saturated heterocycles. The maximum atomic E-state index is 10.6. The Labute approximate surface area is 62.8 Å². The van der Waals surface area contributed by atoms with Crippen LogP contribution in [0.2, 0.25) is 0 Å². The third-order valence-corrected chi connectivity index (χ3v) is 2.26. The van der Waals surface area contributed by atoms with Crippen molar-refractivity contribution in [2.24, 2.45) is 8.80 Å². The normalized spacial score (nSPS) is 21.5. The van der Waals surface area contributed by atoms with Gasteiger partial charge in [-0.15, -0.1) is 8.80 Å². The van der Waals surface area contributed by atoms with Crippen molar-refractivity contribution in [3.63, 3.8) is 0 Å². The van der Waals surface area contributed by atoms with E-state index in [1.807, 2.05) is 0 Å². The van der Waals surface area contributed by atoms with Crippen LogP contribution in [0.15, 0.2) is 8.80 Å². The zero-order valence-corrected chi connectivity index (χ0v) is 6.74. The summed E-state index contributed by atoms with van der Waals surface area (Å²) >= 11 is 1.22. The highest BCUT2D eigenvalue weighted by molar-refractivity contribution is 8.14. The van der Waals surface area contributed by atoms with E-state index < -0.39 is 10.2 Å². The summed E-state index contributed by atoms with van der Waals surface area (Å²) in [6, 6.07) is 0. The first kappa shape index (κ1) is 7.55. The number of nitrogens with zero attached hydrogens (tertiary/aromatic N) is 2. The van der Waals surface area contributed by atoms with Crippen LogP contribution < -0.4 is 5.32 Å². The van der Waals surface area contributed by atoms with Crippen molar-refractivity contribution in [1.29, 1.82) is 0 Å². The second-order valence-electron chi connectivity index (χ2n) is 1.43. The molecule has 10 heavy (non-hydrogen) atoms. The quantitative estimate of drug-likeness (QED) is 0.548. The molecule has 0 bridgehead atoms. The monoisotopic (exact) mass is 179 g/mol. The molecule has 0 atom stereocenters. The lowest BCUT2D eigenvalue weighted by molar-refractivity contribution is 0.599. The smallest absolute Gasteiger partial charge is 0.324 e. The van der Waals surface area contributed by atoms with Crippen LogP contribution in [-0.4, -0.2) is 26.2 Å². The number of thioether (sulfide) groups is 1. The lowest BCUT2D eigenvalue weighted by atomic mass is 11.1. The molecule has 0 unspecified atom stereocenters. The molecule has 7 heteroatoms. The number of amidine groups is 1. The van der Waals surface area contributed by atoms with E-state index in [1.54, 1.807) is 6.26 Å². The molecule has 1 aliphatic rings. The van der Waals surface area contributed by atoms with E-state index in [0.717, 1.165) is 6.34 Å². The summed E-state index contributed by atoms with van der Waals surface area (Å²) in [5.41, 5.74) is 0. The zero-order chi connectivity index (χ0) is 7.61. The van der Waals surface area contributed by atoms with E-state index in [0.29, 0.717) is 5.17 Å². The number of hydrogen-bond donors (Lipinski definition) is 1. The van der Waals surface area contributed by atoms with Crippen molar-refractivity contribution < 1.29 is 8.42 Å². The van der Waals surface area contributed by atoms with Gasteiger partial charge in [-0.25, -0.2) is 0 Å². The van der Waals surface area contributed by atoms with Crippen LogP contribution in [0, 0.1) is 0 Å². The van der Waals surface area contributed by atoms with Gasteiger partial charge >= 0.3 is 10.2 Å². The van der Waals surface area contributed by atoms with Crippen LogP contribution in [0.1, 0.15) is 0 Å². The molecule has 0 amide bonds. The molecule has 0 aromatic rings. The average molecular weight is 179 g/mol. The summed E-state index contributed by atoms with van der Waals surface area (Å²) < 4.78 is 27.5. The fourth-order valence-electron chi connectivity index (χ4n) is 0.399. The van der Waals surface area contributed by atoms with Gasteiger partial charge in [-0.05, 0) is 6.26 Å². The maximum absolute atomic E-state index is 10.6. The van der Waals surface area contributed by atoms with Crippen LogP contribution >= 0.6 is 11.8 Å². The molecule has 0 aromatic heterocycles. The van der Waals surface area contributed by atoms with Gasteiger partial charge in [0.25, 0.3) is 0 Å². The zero-order valence-electron chi connectivity index (χ0n) is 5.10. The first-order chi connectivity index (χ1) is 4.64. The Bertz CT molecular complexity index is 278. The Morgan fingerprint density at radius 2 is 2.40 bits per heavy atom. The third kappa shape index (κ3) is 1.71. The highest BCUT2D eigenvalue weighted by Gasteiger charge is 2.10. The van der Waals surface area contributed by atoms with Crippen LogP contribution in [0.3, 0.4) is 0 Å². The summed E-state index contributed by atoms with van der Waals surface area (Å²) in [6.07, 6.45) is 2.83. The van der Waals surface area contributed by atoms with Crippen molar-refractivity contribution >= 4 is 33.5 Å². The minimum atomic E-state index is -3.57. The van der Waals surface area contributed by atoms with E-state index in [4.69, 9.17) is 0 Å². The van der Waals surface area contributed by atoms with Gasteiger partial charge in [0.1, 0.15) is 6.34 Å². The van der Waals surface area contributed by atoms with Crippen molar-refractivity contribution in [2.45, 2.75) is 0 Å². The molecule has 1 N–H and O–H groups in total. The van der Waals surface area contributed by atoms with Gasteiger partial charge in [0.2, 0.25) is 0 Å². The molecule has 5 nitrogen and oxygen atoms in total. The van der Waals surface area contributed by atoms with E-state index in [1.165, 1.54) is 11.8 Å². The topological polar surface area (TPSA) is 70.9 Å². The van der Waals surface area contributed by atoms with Crippen molar-refractivity contribution in [2.75, 3.05) is 6.26 Å². The summed E-state index contributed by atoms with van der Waals surface area (Å²) in [5.74, 6) is 0. The molecule has 0 spiro atoms.